The predicted molar refractivity (Wildman–Crippen MR) is 134 cm³/mol. The van der Waals surface area contributed by atoms with E-state index in [0.717, 1.165) is 16.6 Å². The highest BCUT2D eigenvalue weighted by molar-refractivity contribution is 7.90. The van der Waals surface area contributed by atoms with Gasteiger partial charge in [0, 0.05) is 17.0 Å². The number of anilines is 1. The van der Waals surface area contributed by atoms with E-state index in [1.165, 1.54) is 0 Å². The molecule has 174 valence electrons. The lowest BCUT2D eigenvalue weighted by atomic mass is 10.1. The lowest BCUT2D eigenvalue weighted by molar-refractivity contribution is 0.102. The first kappa shape index (κ1) is 22.9. The number of carbonyl (C=O) groups excluding carboxylic acids is 1. The molecule has 1 saturated carbocycles. The molecule has 0 radical (unpaired) electrons. The van der Waals surface area contributed by atoms with Gasteiger partial charge < -0.3 is 5.32 Å². The Labute approximate surface area is 206 Å². The summed E-state index contributed by atoms with van der Waals surface area (Å²) >= 11 is 12.3. The number of aromatic nitrogens is 2. The van der Waals surface area contributed by atoms with E-state index in [-0.39, 0.29) is 22.4 Å². The monoisotopic (exact) mass is 514 g/mol. The van der Waals surface area contributed by atoms with E-state index >= 15 is 0 Å². The van der Waals surface area contributed by atoms with Crippen molar-refractivity contribution in [2.24, 2.45) is 0 Å². The summed E-state index contributed by atoms with van der Waals surface area (Å²) < 4.78 is 28.6. The molecule has 34 heavy (non-hydrogen) atoms. The Kier molecular flexibility index (Phi) is 6.07. The van der Waals surface area contributed by atoms with Crippen LogP contribution >= 0.6 is 23.2 Å². The van der Waals surface area contributed by atoms with Crippen molar-refractivity contribution in [1.29, 1.82) is 0 Å². The van der Waals surface area contributed by atoms with E-state index in [2.05, 4.69) is 15.1 Å². The molecule has 1 heterocycles. The fourth-order valence-electron chi connectivity index (χ4n) is 3.67. The van der Waals surface area contributed by atoms with Crippen LogP contribution < -0.4 is 10.0 Å². The van der Waals surface area contributed by atoms with Gasteiger partial charge in [-0.1, -0.05) is 35.3 Å². The van der Waals surface area contributed by atoms with Crippen LogP contribution in [0.2, 0.25) is 10.0 Å². The highest BCUT2D eigenvalue weighted by Gasteiger charge is 2.35. The quantitative estimate of drug-likeness (QED) is 0.355. The fourth-order valence-corrected chi connectivity index (χ4v) is 5.36. The summed E-state index contributed by atoms with van der Waals surface area (Å²) in [6.45, 7) is 0.0970. The van der Waals surface area contributed by atoms with Crippen LogP contribution in [0.15, 0.2) is 66.9 Å². The first-order valence-corrected chi connectivity index (χ1v) is 12.9. The Hall–Kier alpha value is -2.91. The molecule has 5 rings (SSSR count). The van der Waals surface area contributed by atoms with E-state index < -0.39 is 15.9 Å². The summed E-state index contributed by atoms with van der Waals surface area (Å²) in [5.74, 6) is -0.399. The third-order valence-electron chi connectivity index (χ3n) is 5.65. The molecule has 3 aromatic carbocycles. The van der Waals surface area contributed by atoms with Crippen molar-refractivity contribution >= 4 is 55.7 Å². The Morgan fingerprint density at radius 3 is 2.56 bits per heavy atom. The van der Waals surface area contributed by atoms with Gasteiger partial charge in [-0.2, -0.15) is 5.10 Å². The highest BCUT2D eigenvalue weighted by atomic mass is 35.5. The van der Waals surface area contributed by atoms with Gasteiger partial charge in [0.1, 0.15) is 0 Å². The first-order chi connectivity index (χ1) is 16.3. The van der Waals surface area contributed by atoms with E-state index in [4.69, 9.17) is 23.2 Å². The molecule has 0 spiro atoms. The molecule has 0 unspecified atom stereocenters. The molecule has 0 aliphatic heterocycles. The number of carbonyl (C=O) groups is 1. The molecule has 1 aliphatic rings. The van der Waals surface area contributed by atoms with Crippen molar-refractivity contribution in [2.75, 3.05) is 5.32 Å². The summed E-state index contributed by atoms with van der Waals surface area (Å²) in [6, 6.07) is 17.7. The zero-order chi connectivity index (χ0) is 23.9. The Balaban J connectivity index is 1.39. The van der Waals surface area contributed by atoms with E-state index in [0.29, 0.717) is 29.1 Å². The Morgan fingerprint density at radius 2 is 1.82 bits per heavy atom. The Bertz CT molecular complexity index is 1500. The van der Waals surface area contributed by atoms with Crippen molar-refractivity contribution in [3.05, 3.63) is 88.0 Å². The van der Waals surface area contributed by atoms with Gasteiger partial charge in [0.2, 0.25) is 10.0 Å². The lowest BCUT2D eigenvalue weighted by Crippen LogP contribution is -2.26. The van der Waals surface area contributed by atoms with Crippen LogP contribution in [0.5, 0.6) is 0 Å². The van der Waals surface area contributed by atoms with Gasteiger partial charge in [-0.3, -0.25) is 4.79 Å². The fraction of sp³-hybridized carbons (Fsp3) is 0.167. The highest BCUT2D eigenvalue weighted by Crippen LogP contribution is 2.29. The molecular weight excluding hydrogens is 495 g/mol. The molecule has 0 bridgehead atoms. The average molecular weight is 515 g/mol. The zero-order valence-corrected chi connectivity index (χ0v) is 20.2. The van der Waals surface area contributed by atoms with Gasteiger partial charge in [0.25, 0.3) is 5.91 Å². The number of fused-ring (bicyclic) bond motifs is 1. The van der Waals surface area contributed by atoms with Crippen molar-refractivity contribution in [3.8, 4) is 5.69 Å². The van der Waals surface area contributed by atoms with Gasteiger partial charge >= 0.3 is 0 Å². The number of halogens is 2. The Morgan fingerprint density at radius 1 is 1.06 bits per heavy atom. The smallest absolute Gasteiger partial charge is 0.257 e. The first-order valence-electron chi connectivity index (χ1n) is 10.6. The summed E-state index contributed by atoms with van der Waals surface area (Å²) in [5, 5.41) is 8.73. The second kappa shape index (κ2) is 9.03. The second-order valence-corrected chi connectivity index (χ2v) is 11.0. The molecule has 4 aromatic rings. The molecule has 1 fully saturated rings. The number of hydrogen-bond acceptors (Lipinski definition) is 4. The number of rotatable bonds is 7. The number of sulfonamides is 1. The third-order valence-corrected chi connectivity index (χ3v) is 8.13. The average Bonchev–Trinajstić information content (AvgIpc) is 3.60. The van der Waals surface area contributed by atoms with Crippen LogP contribution in [0.1, 0.15) is 28.8 Å². The molecule has 1 amide bonds. The van der Waals surface area contributed by atoms with Gasteiger partial charge in [0.05, 0.1) is 38.9 Å². The molecule has 2 N–H and O–H groups in total. The summed E-state index contributed by atoms with van der Waals surface area (Å²) in [4.78, 5) is 13.1. The normalized spacial score (nSPS) is 13.8. The van der Waals surface area contributed by atoms with Gasteiger partial charge in [-0.25, -0.2) is 17.8 Å². The van der Waals surface area contributed by atoms with Gasteiger partial charge in [0.15, 0.2) is 0 Å². The van der Waals surface area contributed by atoms with Crippen molar-refractivity contribution in [3.63, 3.8) is 0 Å². The van der Waals surface area contributed by atoms with Gasteiger partial charge in [-0.05, 0) is 66.9 Å². The molecule has 1 aliphatic carbocycles. The summed E-state index contributed by atoms with van der Waals surface area (Å²) in [6.07, 6.45) is 3.05. The largest absolute Gasteiger partial charge is 0.321 e. The third kappa shape index (κ3) is 4.67. The van der Waals surface area contributed by atoms with Gasteiger partial charge in [-0.15, -0.1) is 0 Å². The van der Waals surface area contributed by atoms with Crippen molar-refractivity contribution < 1.29 is 13.2 Å². The molecular formula is C24H20Cl2N4O3S. The number of benzene rings is 3. The molecule has 1 aromatic heterocycles. The number of nitrogens with one attached hydrogen (secondary N) is 2. The van der Waals surface area contributed by atoms with Crippen LogP contribution in [0, 0.1) is 0 Å². The SMILES string of the molecule is O=C(Nc1cccc2c1cnn2-c1ccc(Cl)cc1)c1cc(CNS(=O)(=O)C2CC2)ccc1Cl. The van der Waals surface area contributed by atoms with Crippen LogP contribution in [-0.2, 0) is 16.6 Å². The molecule has 0 saturated heterocycles. The minimum Gasteiger partial charge on any atom is -0.321 e. The number of nitrogens with zero attached hydrogens (tertiary/aromatic N) is 2. The van der Waals surface area contributed by atoms with Crippen LogP contribution in [-0.4, -0.2) is 29.4 Å². The van der Waals surface area contributed by atoms with Crippen LogP contribution in [0.4, 0.5) is 5.69 Å². The van der Waals surface area contributed by atoms with E-state index in [1.54, 1.807) is 47.3 Å². The second-order valence-electron chi connectivity index (χ2n) is 8.10. The maximum atomic E-state index is 13.1. The minimum atomic E-state index is -3.32. The van der Waals surface area contributed by atoms with Crippen LogP contribution in [0.25, 0.3) is 16.6 Å². The van der Waals surface area contributed by atoms with E-state index in [1.807, 2.05) is 24.3 Å². The molecule has 7 nitrogen and oxygen atoms in total. The molecule has 10 heteroatoms. The maximum absolute atomic E-state index is 13.1. The standard InChI is InChI=1S/C24H20Cl2N4O3S/c25-16-5-7-17(8-6-16)30-23-3-1-2-22(20(23)14-27-30)29-24(31)19-12-15(4-11-21(19)26)13-28-34(32,33)18-9-10-18/h1-8,11-12,14,18,28H,9-10,13H2,(H,29,31). The predicted octanol–water partition coefficient (Wildman–Crippen LogP) is 5.17. The van der Waals surface area contributed by atoms with Crippen molar-refractivity contribution in [1.82, 2.24) is 14.5 Å². The maximum Gasteiger partial charge on any atom is 0.257 e. The number of amides is 1. The zero-order valence-electron chi connectivity index (χ0n) is 17.8. The van der Waals surface area contributed by atoms with Crippen LogP contribution in [0.3, 0.4) is 0 Å². The van der Waals surface area contributed by atoms with E-state index in [9.17, 15) is 13.2 Å². The van der Waals surface area contributed by atoms with Crippen molar-refractivity contribution in [2.45, 2.75) is 24.6 Å². The minimum absolute atomic E-state index is 0.0970. The number of hydrogen-bond donors (Lipinski definition) is 2. The topological polar surface area (TPSA) is 93.1 Å². The summed E-state index contributed by atoms with van der Waals surface area (Å²) in [5.41, 5.74) is 3.14. The molecule has 0 atom stereocenters. The lowest BCUT2D eigenvalue weighted by Gasteiger charge is -2.11. The summed E-state index contributed by atoms with van der Waals surface area (Å²) in [7, 11) is -3.32.